The standard InChI is InChI=1S/C7H11F2NO3S2/c1-2-3-10(4-6-14(8)11)5-7-15(9,12)13/h1H,3-7H2. The van der Waals surface area contributed by atoms with Crippen LogP contribution in [0.1, 0.15) is 0 Å². The van der Waals surface area contributed by atoms with E-state index in [4.69, 9.17) is 6.42 Å². The molecule has 0 aromatic heterocycles. The van der Waals surface area contributed by atoms with Gasteiger partial charge in [-0.1, -0.05) is 5.92 Å². The van der Waals surface area contributed by atoms with Crippen LogP contribution < -0.4 is 0 Å². The molecule has 0 saturated carbocycles. The Hall–Kier alpha value is -0.360. The van der Waals surface area contributed by atoms with Crippen LogP contribution in [0.15, 0.2) is 0 Å². The lowest BCUT2D eigenvalue weighted by Gasteiger charge is -2.16. The Labute approximate surface area is 91.3 Å². The van der Waals surface area contributed by atoms with Crippen molar-refractivity contribution in [1.82, 2.24) is 4.90 Å². The van der Waals surface area contributed by atoms with Crippen molar-refractivity contribution in [2.75, 3.05) is 31.1 Å². The Morgan fingerprint density at radius 2 is 2.07 bits per heavy atom. The van der Waals surface area contributed by atoms with Gasteiger partial charge in [0, 0.05) is 17.0 Å². The molecule has 1 atom stereocenters. The van der Waals surface area contributed by atoms with Gasteiger partial charge in [-0.2, -0.15) is 8.42 Å². The smallest absolute Gasteiger partial charge is 0.303 e. The molecule has 0 amide bonds. The number of nitrogens with zero attached hydrogens (tertiary/aromatic N) is 1. The van der Waals surface area contributed by atoms with Gasteiger partial charge in [0.05, 0.1) is 12.3 Å². The van der Waals surface area contributed by atoms with Gasteiger partial charge in [0.1, 0.15) is 0 Å². The largest absolute Gasteiger partial charge is 0.581 e. The normalized spacial score (nSPS) is 13.8. The highest BCUT2D eigenvalue weighted by atomic mass is 32.3. The zero-order valence-corrected chi connectivity index (χ0v) is 9.49. The summed E-state index contributed by atoms with van der Waals surface area (Å²) < 4.78 is 54.7. The summed E-state index contributed by atoms with van der Waals surface area (Å²) in [7, 11) is -4.56. The van der Waals surface area contributed by atoms with Gasteiger partial charge in [0.2, 0.25) is 0 Å². The zero-order valence-electron chi connectivity index (χ0n) is 7.86. The molecule has 0 fully saturated rings. The van der Waals surface area contributed by atoms with Crippen molar-refractivity contribution in [2.45, 2.75) is 0 Å². The Kier molecular flexibility index (Phi) is 6.84. The van der Waals surface area contributed by atoms with E-state index >= 15 is 0 Å². The van der Waals surface area contributed by atoms with Gasteiger partial charge in [0.15, 0.2) is 17.3 Å². The maximum Gasteiger partial charge on any atom is 0.303 e. The molecular formula is C7H11F2NO3S2. The zero-order chi connectivity index (χ0) is 11.9. The second kappa shape index (κ2) is 7.00. The lowest BCUT2D eigenvalue weighted by Crippen LogP contribution is -2.32. The van der Waals surface area contributed by atoms with Crippen molar-refractivity contribution >= 4 is 21.8 Å². The maximum absolute atomic E-state index is 12.1. The van der Waals surface area contributed by atoms with Crippen molar-refractivity contribution in [3.63, 3.8) is 0 Å². The quantitative estimate of drug-likeness (QED) is 0.362. The average Bonchev–Trinajstić information content (AvgIpc) is 2.08. The molecule has 0 aromatic carbocycles. The van der Waals surface area contributed by atoms with E-state index in [9.17, 15) is 20.7 Å². The SMILES string of the molecule is C#CCN(CC[S+]([O-])F)CCS(=O)(=O)F. The molecule has 0 bridgehead atoms. The van der Waals surface area contributed by atoms with E-state index in [1.165, 1.54) is 4.90 Å². The van der Waals surface area contributed by atoms with Crippen molar-refractivity contribution in [1.29, 1.82) is 0 Å². The first-order chi connectivity index (χ1) is 6.85. The van der Waals surface area contributed by atoms with Crippen LogP contribution >= 0.6 is 0 Å². The van der Waals surface area contributed by atoms with Gasteiger partial charge in [-0.25, -0.2) is 0 Å². The third kappa shape index (κ3) is 9.93. The summed E-state index contributed by atoms with van der Waals surface area (Å²) >= 11 is -2.47. The van der Waals surface area contributed by atoms with Gasteiger partial charge >= 0.3 is 10.2 Å². The summed E-state index contributed by atoms with van der Waals surface area (Å²) in [6.07, 6.45) is 4.97. The van der Waals surface area contributed by atoms with E-state index in [2.05, 4.69) is 5.92 Å². The number of hydrogen-bond donors (Lipinski definition) is 0. The highest BCUT2D eigenvalue weighted by Gasteiger charge is 2.14. The van der Waals surface area contributed by atoms with Crippen LogP contribution in [0.4, 0.5) is 7.77 Å². The van der Waals surface area contributed by atoms with Crippen LogP contribution in [-0.4, -0.2) is 49.0 Å². The molecule has 15 heavy (non-hydrogen) atoms. The van der Waals surface area contributed by atoms with Gasteiger partial charge in [-0.3, -0.25) is 4.90 Å². The van der Waals surface area contributed by atoms with Crippen molar-refractivity contribution in [3.05, 3.63) is 0 Å². The highest BCUT2D eigenvalue weighted by molar-refractivity contribution is 7.86. The summed E-state index contributed by atoms with van der Waals surface area (Å²) in [5.74, 6) is 1.24. The van der Waals surface area contributed by atoms with Crippen molar-refractivity contribution < 1.29 is 20.7 Å². The van der Waals surface area contributed by atoms with Crippen LogP contribution in [0.3, 0.4) is 0 Å². The minimum Gasteiger partial charge on any atom is -0.581 e. The van der Waals surface area contributed by atoms with Gasteiger partial charge < -0.3 is 4.55 Å². The first-order valence-electron chi connectivity index (χ1n) is 3.98. The van der Waals surface area contributed by atoms with Crippen LogP contribution in [0.5, 0.6) is 0 Å². The lowest BCUT2D eigenvalue weighted by atomic mass is 10.5. The minimum atomic E-state index is -4.56. The first kappa shape index (κ1) is 14.6. The van der Waals surface area contributed by atoms with E-state index in [1.54, 1.807) is 0 Å². The topological polar surface area (TPSA) is 60.4 Å². The van der Waals surface area contributed by atoms with Crippen LogP contribution in [0, 0.1) is 12.3 Å². The third-order valence-corrected chi connectivity index (χ3v) is 2.71. The maximum atomic E-state index is 12.1. The Bertz CT molecular complexity index is 313. The van der Waals surface area contributed by atoms with Crippen molar-refractivity contribution in [2.24, 2.45) is 0 Å². The fourth-order valence-corrected chi connectivity index (χ4v) is 1.72. The molecule has 0 rings (SSSR count). The van der Waals surface area contributed by atoms with Crippen LogP contribution in [-0.2, 0) is 21.8 Å². The van der Waals surface area contributed by atoms with E-state index in [0.717, 1.165) is 0 Å². The second-order valence-electron chi connectivity index (χ2n) is 2.72. The summed E-state index contributed by atoms with van der Waals surface area (Å²) in [4.78, 5) is 1.34. The predicted octanol–water partition coefficient (Wildman–Crippen LogP) is -0.146. The molecule has 0 aliphatic heterocycles. The summed E-state index contributed by atoms with van der Waals surface area (Å²) in [6, 6.07) is 0. The third-order valence-electron chi connectivity index (χ3n) is 1.53. The molecule has 0 heterocycles. The number of terminal acetylenes is 1. The lowest BCUT2D eigenvalue weighted by molar-refractivity contribution is 0.340. The van der Waals surface area contributed by atoms with Gasteiger partial charge in [-0.05, 0) is 0 Å². The van der Waals surface area contributed by atoms with E-state index in [0.29, 0.717) is 0 Å². The molecule has 0 N–H and O–H groups in total. The fraction of sp³-hybridized carbons (Fsp3) is 0.714. The van der Waals surface area contributed by atoms with Crippen LogP contribution in [0.2, 0.25) is 0 Å². The summed E-state index contributed by atoms with van der Waals surface area (Å²) in [6.45, 7) is -0.0458. The van der Waals surface area contributed by atoms with E-state index in [-0.39, 0.29) is 25.4 Å². The Morgan fingerprint density at radius 3 is 2.47 bits per heavy atom. The minimum absolute atomic E-state index is 0.0306. The highest BCUT2D eigenvalue weighted by Crippen LogP contribution is 1.97. The second-order valence-corrected chi connectivity index (χ2v) is 5.19. The van der Waals surface area contributed by atoms with E-state index < -0.39 is 27.5 Å². The number of hydrogen-bond acceptors (Lipinski definition) is 4. The number of rotatable bonds is 7. The predicted molar refractivity (Wildman–Crippen MR) is 54.3 cm³/mol. The molecule has 1 unspecified atom stereocenters. The molecular weight excluding hydrogens is 248 g/mol. The Morgan fingerprint density at radius 1 is 1.47 bits per heavy atom. The van der Waals surface area contributed by atoms with Gasteiger partial charge in [-0.15, -0.1) is 10.3 Å². The van der Waals surface area contributed by atoms with Gasteiger partial charge in [0.25, 0.3) is 0 Å². The molecule has 0 radical (unpaired) electrons. The Balaban J connectivity index is 4.00. The summed E-state index contributed by atoms with van der Waals surface area (Å²) in [5, 5.41) is 0. The fourth-order valence-electron chi connectivity index (χ4n) is 0.838. The molecule has 0 aromatic rings. The molecule has 8 heteroatoms. The first-order valence-corrected chi connectivity index (χ1v) is 6.75. The van der Waals surface area contributed by atoms with Crippen LogP contribution in [0.25, 0.3) is 0 Å². The molecule has 0 spiro atoms. The average molecular weight is 259 g/mol. The summed E-state index contributed by atoms with van der Waals surface area (Å²) in [5.41, 5.74) is 0. The van der Waals surface area contributed by atoms with E-state index in [1.807, 2.05) is 0 Å². The molecule has 0 aliphatic carbocycles. The molecule has 0 aliphatic rings. The number of halogens is 2. The molecule has 88 valence electrons. The molecule has 0 saturated heterocycles. The monoisotopic (exact) mass is 259 g/mol. The molecule has 4 nitrogen and oxygen atoms in total. The van der Waals surface area contributed by atoms with Crippen molar-refractivity contribution in [3.8, 4) is 12.3 Å².